The zero-order chi connectivity index (χ0) is 16.4. The monoisotopic (exact) mass is 445 g/mol. The molecule has 0 spiro atoms. The van der Waals surface area contributed by atoms with Crippen molar-refractivity contribution < 1.29 is 29.2 Å². The van der Waals surface area contributed by atoms with E-state index < -0.39 is 11.8 Å². The maximum Gasteiger partial charge on any atom is 0 e. The molecule has 5 heteroatoms. The predicted octanol–water partition coefficient (Wildman–Crippen LogP) is 3.50. The molecule has 1 unspecified atom stereocenters. The van der Waals surface area contributed by atoms with Crippen LogP contribution in [-0.4, -0.2) is 16.5 Å². The fraction of sp³-hybridized carbons (Fsp3) is 0.0526. The van der Waals surface area contributed by atoms with Crippen molar-refractivity contribution in [2.24, 2.45) is 0 Å². The van der Waals surface area contributed by atoms with Gasteiger partial charge in [0.15, 0.2) is 0 Å². The second-order valence-electron chi connectivity index (χ2n) is 5.45. The first-order valence-electron chi connectivity index (χ1n) is 7.26. The fourth-order valence-corrected chi connectivity index (χ4v) is 7.60. The first-order chi connectivity index (χ1) is 11.1. The molecule has 1 atom stereocenters. The summed E-state index contributed by atoms with van der Waals surface area (Å²) in [6.07, 6.45) is 2.84. The van der Waals surface area contributed by atoms with Gasteiger partial charge < -0.3 is 0 Å². The summed E-state index contributed by atoms with van der Waals surface area (Å²) in [5, 5.41) is 1.26. The molecule has 0 aromatic heterocycles. The Hall–Kier alpha value is -1.33. The van der Waals surface area contributed by atoms with Crippen LogP contribution in [0.1, 0.15) is 0 Å². The quantitative estimate of drug-likeness (QED) is 0.446. The number of hydrogen-bond donors (Lipinski definition) is 1. The Bertz CT molecular complexity index is 781. The Balaban J connectivity index is 0.00000208. The van der Waals surface area contributed by atoms with Crippen molar-refractivity contribution in [3.05, 3.63) is 90.5 Å². The van der Waals surface area contributed by atoms with E-state index in [0.717, 1.165) is 0 Å². The Morgan fingerprint density at radius 1 is 0.917 bits per heavy atom. The number of halogens is 1. The van der Waals surface area contributed by atoms with Crippen molar-refractivity contribution in [3.8, 4) is 0 Å². The Labute approximate surface area is 159 Å². The van der Waals surface area contributed by atoms with Gasteiger partial charge in [-0.25, -0.2) is 0 Å². The zero-order valence-electron chi connectivity index (χ0n) is 12.7. The third kappa shape index (κ3) is 3.00. The van der Waals surface area contributed by atoms with Gasteiger partial charge in [0, 0.05) is 19.5 Å². The number of carbonyl (C=O) groups excluding carboxylic acids is 1. The SMILES string of the molecule is O=C=C1C=CC=CC1P(O)(Cl)(c1ccccc1)c1ccccc1.[Rh]. The predicted molar refractivity (Wildman–Crippen MR) is 98.4 cm³/mol. The van der Waals surface area contributed by atoms with Gasteiger partial charge >= 0.3 is 140 Å². The summed E-state index contributed by atoms with van der Waals surface area (Å²) in [7, 11) is 0. The molecule has 0 saturated heterocycles. The van der Waals surface area contributed by atoms with E-state index in [0.29, 0.717) is 16.2 Å². The molecular formula is C19H16ClO2PRh. The normalized spacial score (nSPS) is 18.2. The van der Waals surface area contributed by atoms with E-state index in [2.05, 4.69) is 0 Å². The Morgan fingerprint density at radius 3 is 1.88 bits per heavy atom. The first kappa shape index (κ1) is 19.0. The van der Waals surface area contributed by atoms with Gasteiger partial charge in [-0.05, 0) is 0 Å². The molecule has 1 aliphatic carbocycles. The van der Waals surface area contributed by atoms with E-state index in [9.17, 15) is 9.69 Å². The molecule has 125 valence electrons. The van der Waals surface area contributed by atoms with Crippen LogP contribution < -0.4 is 10.6 Å². The van der Waals surface area contributed by atoms with Crippen LogP contribution in [0.25, 0.3) is 0 Å². The molecule has 0 saturated carbocycles. The number of benzene rings is 2. The second kappa shape index (κ2) is 7.28. The Kier molecular flexibility index (Phi) is 5.76. The minimum atomic E-state index is -4.15. The molecule has 2 aromatic rings. The number of allylic oxidation sites excluding steroid dienone is 5. The van der Waals surface area contributed by atoms with E-state index in [-0.39, 0.29) is 19.5 Å². The van der Waals surface area contributed by atoms with Crippen LogP contribution in [0.5, 0.6) is 0 Å². The summed E-state index contributed by atoms with van der Waals surface area (Å²) in [6.45, 7) is 0. The molecule has 0 heterocycles. The molecule has 0 amide bonds. The van der Waals surface area contributed by atoms with E-state index in [4.69, 9.17) is 11.2 Å². The van der Waals surface area contributed by atoms with E-state index in [1.807, 2.05) is 66.6 Å². The van der Waals surface area contributed by atoms with Crippen molar-refractivity contribution in [2.75, 3.05) is 0 Å². The van der Waals surface area contributed by atoms with Gasteiger partial charge in [0.05, 0.1) is 0 Å². The van der Waals surface area contributed by atoms with Crippen LogP contribution in [0, 0.1) is 0 Å². The van der Waals surface area contributed by atoms with Crippen molar-refractivity contribution in [2.45, 2.75) is 5.66 Å². The average Bonchev–Trinajstić information content (AvgIpc) is 2.63. The minimum absolute atomic E-state index is 0. The van der Waals surface area contributed by atoms with Crippen molar-refractivity contribution in [1.82, 2.24) is 0 Å². The second-order valence-corrected chi connectivity index (χ2v) is 11.1. The number of rotatable bonds is 3. The van der Waals surface area contributed by atoms with Gasteiger partial charge in [-0.15, -0.1) is 0 Å². The third-order valence-corrected chi connectivity index (χ3v) is 9.95. The molecule has 0 aliphatic heterocycles. The molecule has 2 nitrogen and oxygen atoms in total. The van der Waals surface area contributed by atoms with E-state index >= 15 is 0 Å². The first-order valence-corrected chi connectivity index (χ1v) is 10.4. The molecule has 1 aliphatic rings. The van der Waals surface area contributed by atoms with E-state index in [1.165, 1.54) is 0 Å². The average molecular weight is 446 g/mol. The molecule has 24 heavy (non-hydrogen) atoms. The summed E-state index contributed by atoms with van der Waals surface area (Å²) in [6, 6.07) is 18.3. The molecular weight excluding hydrogens is 430 g/mol. The number of hydrogen-bond acceptors (Lipinski definition) is 2. The molecule has 0 bridgehead atoms. The minimum Gasteiger partial charge on any atom is 0 e. The molecule has 0 fully saturated rings. The largest absolute Gasteiger partial charge is 0 e. The van der Waals surface area contributed by atoms with Gasteiger partial charge in [-0.2, -0.15) is 0 Å². The standard InChI is InChI=1S/C19H16ClO2P.Rh/c20-23(22,17-10-3-1-4-11-17,18-12-5-2-6-13-18)19-14-8-7-9-16(19)15-21;/h1-14,19,22H;. The summed E-state index contributed by atoms with van der Waals surface area (Å²) >= 11 is 7.10. The van der Waals surface area contributed by atoms with Crippen LogP contribution in [0.3, 0.4) is 0 Å². The van der Waals surface area contributed by atoms with Crippen LogP contribution in [-0.2, 0) is 24.3 Å². The Morgan fingerprint density at radius 2 is 1.42 bits per heavy atom. The van der Waals surface area contributed by atoms with Crippen LogP contribution in [0.15, 0.2) is 90.5 Å². The van der Waals surface area contributed by atoms with Gasteiger partial charge in [-0.1, -0.05) is 0 Å². The summed E-state index contributed by atoms with van der Waals surface area (Å²) in [4.78, 5) is 23.4. The molecule has 3 rings (SSSR count). The van der Waals surface area contributed by atoms with Crippen molar-refractivity contribution >= 4 is 34.0 Å². The van der Waals surface area contributed by atoms with Crippen LogP contribution in [0.2, 0.25) is 0 Å². The molecule has 1 radical (unpaired) electrons. The van der Waals surface area contributed by atoms with Gasteiger partial charge in [0.2, 0.25) is 0 Å². The third-order valence-electron chi connectivity index (χ3n) is 4.12. The molecule has 2 aromatic carbocycles. The van der Waals surface area contributed by atoms with E-state index in [1.54, 1.807) is 24.3 Å². The summed E-state index contributed by atoms with van der Waals surface area (Å²) < 4.78 is 0. The topological polar surface area (TPSA) is 37.3 Å². The maximum atomic E-state index is 12.0. The van der Waals surface area contributed by atoms with Crippen LogP contribution >= 0.6 is 17.4 Å². The van der Waals surface area contributed by atoms with Gasteiger partial charge in [0.25, 0.3) is 0 Å². The fourth-order valence-electron chi connectivity index (χ4n) is 2.93. The summed E-state index contributed by atoms with van der Waals surface area (Å²) in [5.41, 5.74) is -0.273. The van der Waals surface area contributed by atoms with Crippen LogP contribution in [0.4, 0.5) is 0 Å². The smallest absolute Gasteiger partial charge is 0 e. The van der Waals surface area contributed by atoms with Gasteiger partial charge in [0.1, 0.15) is 0 Å². The van der Waals surface area contributed by atoms with Crippen molar-refractivity contribution in [1.29, 1.82) is 0 Å². The maximum absolute atomic E-state index is 12.0. The zero-order valence-corrected chi connectivity index (χ0v) is 16.0. The van der Waals surface area contributed by atoms with Crippen molar-refractivity contribution in [3.63, 3.8) is 0 Å². The summed E-state index contributed by atoms with van der Waals surface area (Å²) in [5.74, 6) is 1.94. The van der Waals surface area contributed by atoms with Gasteiger partial charge in [-0.3, -0.25) is 0 Å². The molecule has 1 N–H and O–H groups in total.